The summed E-state index contributed by atoms with van der Waals surface area (Å²) in [6.07, 6.45) is 4.54. The lowest BCUT2D eigenvalue weighted by Gasteiger charge is -2.15. The van der Waals surface area contributed by atoms with Crippen molar-refractivity contribution in [3.63, 3.8) is 0 Å². The summed E-state index contributed by atoms with van der Waals surface area (Å²) in [5, 5.41) is 4.10. The summed E-state index contributed by atoms with van der Waals surface area (Å²) >= 11 is 5.15. The number of hydrazine groups is 1. The van der Waals surface area contributed by atoms with Gasteiger partial charge in [0.25, 0.3) is 0 Å². The molecule has 1 amide bonds. The largest absolute Gasteiger partial charge is 0.447 e. The molecular weight excluding hydrogens is 317 g/mol. The number of hydrogen-bond acceptors (Lipinski definition) is 3. The molecule has 0 saturated heterocycles. The van der Waals surface area contributed by atoms with Crippen LogP contribution in [0.4, 0.5) is 4.39 Å². The van der Waals surface area contributed by atoms with Crippen molar-refractivity contribution >= 4 is 34.2 Å². The molecule has 1 aromatic heterocycles. The highest BCUT2D eigenvalue weighted by Gasteiger charge is 2.20. The van der Waals surface area contributed by atoms with Crippen LogP contribution in [0.3, 0.4) is 0 Å². The minimum Gasteiger partial charge on any atom is -0.447 e. The Kier molecular flexibility index (Phi) is 4.47. The Labute approximate surface area is 138 Å². The van der Waals surface area contributed by atoms with E-state index in [-0.39, 0.29) is 11.3 Å². The van der Waals surface area contributed by atoms with Gasteiger partial charge in [0.1, 0.15) is 0 Å². The Morgan fingerprint density at radius 3 is 2.74 bits per heavy atom. The molecule has 2 aromatic rings. The quantitative estimate of drug-likeness (QED) is 0.582. The van der Waals surface area contributed by atoms with Crippen LogP contribution in [-0.4, -0.2) is 17.1 Å². The summed E-state index contributed by atoms with van der Waals surface area (Å²) < 4.78 is 19.1. The van der Waals surface area contributed by atoms with E-state index >= 15 is 0 Å². The van der Waals surface area contributed by atoms with Crippen LogP contribution in [0.1, 0.15) is 41.8 Å². The predicted octanol–water partition coefficient (Wildman–Crippen LogP) is 2.93. The Hall–Kier alpha value is -2.15. The van der Waals surface area contributed by atoms with Crippen molar-refractivity contribution in [3.05, 3.63) is 35.3 Å². The molecule has 1 heterocycles. The number of nitrogens with one attached hydrogen (secondary N) is 3. The molecule has 1 saturated carbocycles. The summed E-state index contributed by atoms with van der Waals surface area (Å²) in [5.74, 6) is -0.911. The number of para-hydroxylation sites is 1. The second-order valence-corrected chi connectivity index (χ2v) is 6.11. The van der Waals surface area contributed by atoms with Crippen molar-refractivity contribution in [1.29, 1.82) is 0 Å². The van der Waals surface area contributed by atoms with E-state index in [2.05, 4.69) is 16.2 Å². The highest BCUT2D eigenvalue weighted by Crippen LogP contribution is 2.27. The molecule has 122 valence electrons. The zero-order valence-electron chi connectivity index (χ0n) is 12.7. The Morgan fingerprint density at radius 1 is 1.30 bits per heavy atom. The fourth-order valence-corrected chi connectivity index (χ4v) is 3.11. The minimum absolute atomic E-state index is 0.0706. The number of benzene rings is 1. The van der Waals surface area contributed by atoms with Gasteiger partial charge >= 0.3 is 5.91 Å². The minimum atomic E-state index is -0.492. The van der Waals surface area contributed by atoms with E-state index in [4.69, 9.17) is 16.6 Å². The van der Waals surface area contributed by atoms with Crippen molar-refractivity contribution in [3.8, 4) is 0 Å². The maximum Gasteiger partial charge on any atom is 0.305 e. The third-order valence-electron chi connectivity index (χ3n) is 4.10. The van der Waals surface area contributed by atoms with Gasteiger partial charge in [0.15, 0.2) is 22.3 Å². The van der Waals surface area contributed by atoms with E-state index in [1.54, 1.807) is 19.1 Å². The third kappa shape index (κ3) is 3.29. The lowest BCUT2D eigenvalue weighted by atomic mass is 10.1. The van der Waals surface area contributed by atoms with Gasteiger partial charge in [0.05, 0.1) is 0 Å². The van der Waals surface area contributed by atoms with Gasteiger partial charge in [0, 0.05) is 17.0 Å². The lowest BCUT2D eigenvalue weighted by molar-refractivity contribution is 0.0916. The van der Waals surface area contributed by atoms with Crippen LogP contribution in [0, 0.1) is 12.7 Å². The summed E-state index contributed by atoms with van der Waals surface area (Å²) in [7, 11) is 0. The van der Waals surface area contributed by atoms with Crippen molar-refractivity contribution in [1.82, 2.24) is 16.2 Å². The molecule has 3 N–H and O–H groups in total. The molecule has 0 atom stereocenters. The van der Waals surface area contributed by atoms with E-state index < -0.39 is 11.7 Å². The average Bonchev–Trinajstić information content (AvgIpc) is 3.14. The highest BCUT2D eigenvalue weighted by molar-refractivity contribution is 7.80. The first-order valence-corrected chi connectivity index (χ1v) is 8.01. The number of rotatable bonds is 2. The van der Waals surface area contributed by atoms with Crippen LogP contribution in [0.15, 0.2) is 22.6 Å². The normalized spacial score (nSPS) is 14.9. The molecule has 1 aliphatic carbocycles. The predicted molar refractivity (Wildman–Crippen MR) is 89.5 cm³/mol. The second kappa shape index (κ2) is 6.54. The van der Waals surface area contributed by atoms with Crippen molar-refractivity contribution in [2.45, 2.75) is 38.6 Å². The maximum absolute atomic E-state index is 13.7. The molecule has 5 nitrogen and oxygen atoms in total. The second-order valence-electron chi connectivity index (χ2n) is 5.71. The maximum atomic E-state index is 13.7. The molecule has 7 heteroatoms. The van der Waals surface area contributed by atoms with Crippen LogP contribution in [0.5, 0.6) is 0 Å². The number of carbonyl (C=O) groups excluding carboxylic acids is 1. The van der Waals surface area contributed by atoms with Crippen LogP contribution in [0.2, 0.25) is 0 Å². The first-order chi connectivity index (χ1) is 11.1. The molecule has 0 radical (unpaired) electrons. The highest BCUT2D eigenvalue weighted by atomic mass is 32.1. The Morgan fingerprint density at radius 2 is 2.04 bits per heavy atom. The summed E-state index contributed by atoms with van der Waals surface area (Å²) in [6, 6.07) is 4.95. The number of halogens is 1. The van der Waals surface area contributed by atoms with Gasteiger partial charge in [0.2, 0.25) is 0 Å². The summed E-state index contributed by atoms with van der Waals surface area (Å²) in [6.45, 7) is 1.72. The topological polar surface area (TPSA) is 66.3 Å². The van der Waals surface area contributed by atoms with Gasteiger partial charge in [-0.1, -0.05) is 25.0 Å². The zero-order chi connectivity index (χ0) is 16.4. The zero-order valence-corrected chi connectivity index (χ0v) is 13.6. The smallest absolute Gasteiger partial charge is 0.305 e. The summed E-state index contributed by atoms with van der Waals surface area (Å²) in [4.78, 5) is 12.2. The standard InChI is InChI=1S/C16H18FN3O2S/c1-9-11-7-4-8-12(17)14(11)22-13(9)15(21)19-20-16(23)18-10-5-2-3-6-10/h4,7-8,10H,2-3,5-6H2,1H3,(H,19,21)(H2,18,20,23). The first kappa shape index (κ1) is 15.7. The van der Waals surface area contributed by atoms with Crippen molar-refractivity contribution in [2.24, 2.45) is 0 Å². The van der Waals surface area contributed by atoms with E-state index in [1.165, 1.54) is 18.9 Å². The van der Waals surface area contributed by atoms with Gasteiger partial charge in [-0.05, 0) is 38.0 Å². The van der Waals surface area contributed by atoms with E-state index in [0.717, 1.165) is 12.8 Å². The van der Waals surface area contributed by atoms with Gasteiger partial charge < -0.3 is 9.73 Å². The molecule has 1 fully saturated rings. The van der Waals surface area contributed by atoms with Crippen LogP contribution >= 0.6 is 12.2 Å². The van der Waals surface area contributed by atoms with E-state index in [9.17, 15) is 9.18 Å². The number of fused-ring (bicyclic) bond motifs is 1. The molecule has 3 rings (SSSR count). The molecular formula is C16H18FN3O2S. The van der Waals surface area contributed by atoms with Crippen LogP contribution in [-0.2, 0) is 0 Å². The fraction of sp³-hybridized carbons (Fsp3) is 0.375. The molecule has 0 aliphatic heterocycles. The molecule has 23 heavy (non-hydrogen) atoms. The first-order valence-electron chi connectivity index (χ1n) is 7.60. The number of furan rings is 1. The van der Waals surface area contributed by atoms with Gasteiger partial charge in [-0.15, -0.1) is 0 Å². The fourth-order valence-electron chi connectivity index (χ4n) is 2.89. The van der Waals surface area contributed by atoms with Gasteiger partial charge in [-0.25, -0.2) is 4.39 Å². The number of carbonyl (C=O) groups is 1. The van der Waals surface area contributed by atoms with Gasteiger partial charge in [-0.3, -0.25) is 15.6 Å². The molecule has 0 spiro atoms. The van der Waals surface area contributed by atoms with Crippen molar-refractivity contribution < 1.29 is 13.6 Å². The molecule has 0 unspecified atom stereocenters. The average molecular weight is 335 g/mol. The Bertz CT molecular complexity index is 753. The number of amides is 1. The molecule has 1 aromatic carbocycles. The third-order valence-corrected chi connectivity index (χ3v) is 4.32. The van der Waals surface area contributed by atoms with E-state index in [1.807, 2.05) is 0 Å². The Balaban J connectivity index is 1.65. The monoisotopic (exact) mass is 335 g/mol. The number of thiocarbonyl (C=S) groups is 1. The molecule has 1 aliphatic rings. The van der Waals surface area contributed by atoms with E-state index in [0.29, 0.717) is 22.1 Å². The molecule has 0 bridgehead atoms. The summed E-state index contributed by atoms with van der Waals surface area (Å²) in [5.41, 5.74) is 5.82. The SMILES string of the molecule is Cc1c(C(=O)NNC(=S)NC2CCCC2)oc2c(F)cccc12. The number of aryl methyl sites for hydroxylation is 1. The van der Waals surface area contributed by atoms with Crippen molar-refractivity contribution in [2.75, 3.05) is 0 Å². The number of hydrogen-bond donors (Lipinski definition) is 3. The van der Waals surface area contributed by atoms with Crippen LogP contribution < -0.4 is 16.2 Å². The lowest BCUT2D eigenvalue weighted by Crippen LogP contribution is -2.49. The van der Waals surface area contributed by atoms with Crippen LogP contribution in [0.25, 0.3) is 11.0 Å². The van der Waals surface area contributed by atoms with Gasteiger partial charge in [-0.2, -0.15) is 0 Å².